The van der Waals surface area contributed by atoms with E-state index in [1.165, 1.54) is 0 Å². The number of H-pyrrole nitrogens is 1. The fourth-order valence-electron chi connectivity index (χ4n) is 2.22. The predicted octanol–water partition coefficient (Wildman–Crippen LogP) is 2.52. The molecule has 1 aromatic heterocycles. The lowest BCUT2D eigenvalue weighted by Gasteiger charge is -2.33. The SMILES string of the molecule is CC(C)(C)OC(=O)N1CCCC(c2ccn[nH]2)C1. The standard InChI is InChI=1S/C13H21N3O2/c1-13(2,3)18-12(17)16-8-4-5-10(9-16)11-6-7-14-15-11/h6-7,10H,4-5,8-9H2,1-3H3,(H,14,15). The highest BCUT2D eigenvalue weighted by atomic mass is 16.6. The predicted molar refractivity (Wildman–Crippen MR) is 68.4 cm³/mol. The lowest BCUT2D eigenvalue weighted by Crippen LogP contribution is -2.42. The summed E-state index contributed by atoms with van der Waals surface area (Å²) in [6.45, 7) is 7.15. The minimum Gasteiger partial charge on any atom is -0.444 e. The molecule has 1 fully saturated rings. The molecule has 0 aromatic carbocycles. The van der Waals surface area contributed by atoms with E-state index in [9.17, 15) is 4.79 Å². The number of amides is 1. The first-order chi connectivity index (χ1) is 8.46. The Balaban J connectivity index is 1.96. The molecule has 18 heavy (non-hydrogen) atoms. The molecule has 0 radical (unpaired) electrons. The van der Waals surface area contributed by atoms with Gasteiger partial charge in [0.2, 0.25) is 0 Å². The van der Waals surface area contributed by atoms with Gasteiger partial charge in [-0.2, -0.15) is 5.10 Å². The molecular weight excluding hydrogens is 230 g/mol. The van der Waals surface area contributed by atoms with Gasteiger partial charge in [0, 0.05) is 30.9 Å². The minimum atomic E-state index is -0.433. The fourth-order valence-corrected chi connectivity index (χ4v) is 2.22. The van der Waals surface area contributed by atoms with Crippen LogP contribution < -0.4 is 0 Å². The van der Waals surface area contributed by atoms with E-state index in [-0.39, 0.29) is 6.09 Å². The van der Waals surface area contributed by atoms with Crippen molar-refractivity contribution in [2.45, 2.75) is 45.1 Å². The number of likely N-dealkylation sites (tertiary alicyclic amines) is 1. The van der Waals surface area contributed by atoms with E-state index < -0.39 is 5.60 Å². The second-order valence-corrected chi connectivity index (χ2v) is 5.78. The summed E-state index contributed by atoms with van der Waals surface area (Å²) in [5.41, 5.74) is 0.668. The van der Waals surface area contributed by atoms with E-state index >= 15 is 0 Å². The first kappa shape index (κ1) is 12.9. The largest absolute Gasteiger partial charge is 0.444 e. The lowest BCUT2D eigenvalue weighted by molar-refractivity contribution is 0.0197. The second-order valence-electron chi connectivity index (χ2n) is 5.78. The van der Waals surface area contributed by atoms with Gasteiger partial charge in [-0.1, -0.05) is 0 Å². The number of aromatic amines is 1. The molecule has 5 heteroatoms. The number of rotatable bonds is 1. The molecular formula is C13H21N3O2. The van der Waals surface area contributed by atoms with Gasteiger partial charge in [-0.25, -0.2) is 4.79 Å². The molecule has 1 aliphatic heterocycles. The van der Waals surface area contributed by atoms with Crippen LogP contribution in [0.15, 0.2) is 12.3 Å². The monoisotopic (exact) mass is 251 g/mol. The third-order valence-corrected chi connectivity index (χ3v) is 3.04. The van der Waals surface area contributed by atoms with Crippen molar-refractivity contribution in [2.24, 2.45) is 0 Å². The Morgan fingerprint density at radius 3 is 2.94 bits per heavy atom. The van der Waals surface area contributed by atoms with Crippen LogP contribution in [-0.2, 0) is 4.74 Å². The van der Waals surface area contributed by atoms with Gasteiger partial charge in [0.05, 0.1) is 0 Å². The minimum absolute atomic E-state index is 0.216. The van der Waals surface area contributed by atoms with Crippen molar-refractivity contribution >= 4 is 6.09 Å². The van der Waals surface area contributed by atoms with Crippen molar-refractivity contribution in [2.75, 3.05) is 13.1 Å². The zero-order valence-electron chi connectivity index (χ0n) is 11.3. The summed E-state index contributed by atoms with van der Waals surface area (Å²) in [4.78, 5) is 13.8. The van der Waals surface area contributed by atoms with Gasteiger partial charge in [0.1, 0.15) is 5.60 Å². The maximum atomic E-state index is 12.0. The Bertz CT molecular complexity index is 395. The number of ether oxygens (including phenoxy) is 1. The molecule has 1 amide bonds. The molecule has 0 aliphatic carbocycles. The van der Waals surface area contributed by atoms with Crippen LogP contribution in [0.2, 0.25) is 0 Å². The number of nitrogens with one attached hydrogen (secondary N) is 1. The Morgan fingerprint density at radius 2 is 2.33 bits per heavy atom. The smallest absolute Gasteiger partial charge is 0.410 e. The summed E-state index contributed by atoms with van der Waals surface area (Å²) in [7, 11) is 0. The molecule has 1 aliphatic rings. The van der Waals surface area contributed by atoms with Crippen LogP contribution in [0.1, 0.15) is 45.2 Å². The van der Waals surface area contributed by atoms with Gasteiger partial charge < -0.3 is 9.64 Å². The van der Waals surface area contributed by atoms with Gasteiger partial charge >= 0.3 is 6.09 Å². The highest BCUT2D eigenvalue weighted by Gasteiger charge is 2.28. The summed E-state index contributed by atoms with van der Waals surface area (Å²) >= 11 is 0. The molecule has 1 saturated heterocycles. The van der Waals surface area contributed by atoms with Crippen LogP contribution in [0.25, 0.3) is 0 Å². The lowest BCUT2D eigenvalue weighted by atomic mass is 9.95. The zero-order chi connectivity index (χ0) is 13.2. The van der Waals surface area contributed by atoms with E-state index in [0.717, 1.165) is 25.1 Å². The van der Waals surface area contributed by atoms with Crippen LogP contribution in [0.4, 0.5) is 4.79 Å². The Morgan fingerprint density at radius 1 is 1.56 bits per heavy atom. The van der Waals surface area contributed by atoms with Crippen LogP contribution in [0.5, 0.6) is 0 Å². The van der Waals surface area contributed by atoms with Crippen molar-refractivity contribution in [3.8, 4) is 0 Å². The first-order valence-electron chi connectivity index (χ1n) is 6.43. The molecule has 1 atom stereocenters. The number of nitrogens with zero attached hydrogens (tertiary/aromatic N) is 2. The van der Waals surface area contributed by atoms with Gasteiger partial charge in [0.25, 0.3) is 0 Å². The van der Waals surface area contributed by atoms with Crippen LogP contribution in [0.3, 0.4) is 0 Å². The van der Waals surface area contributed by atoms with Crippen molar-refractivity contribution in [1.29, 1.82) is 0 Å². The van der Waals surface area contributed by atoms with Gasteiger partial charge in [-0.3, -0.25) is 5.10 Å². The molecule has 100 valence electrons. The van der Waals surface area contributed by atoms with E-state index in [2.05, 4.69) is 10.2 Å². The molecule has 0 bridgehead atoms. The number of hydrogen-bond acceptors (Lipinski definition) is 3. The third kappa shape index (κ3) is 3.24. The molecule has 2 rings (SSSR count). The van der Waals surface area contributed by atoms with Gasteiger partial charge in [-0.15, -0.1) is 0 Å². The maximum absolute atomic E-state index is 12.0. The van der Waals surface area contributed by atoms with E-state index in [1.807, 2.05) is 26.8 Å². The summed E-state index contributed by atoms with van der Waals surface area (Å²) in [6, 6.07) is 1.98. The number of hydrogen-bond donors (Lipinski definition) is 1. The molecule has 5 nitrogen and oxygen atoms in total. The molecule has 1 unspecified atom stereocenters. The van der Waals surface area contributed by atoms with Crippen molar-refractivity contribution in [3.05, 3.63) is 18.0 Å². The van der Waals surface area contributed by atoms with Crippen molar-refractivity contribution in [1.82, 2.24) is 15.1 Å². The number of carbonyl (C=O) groups is 1. The van der Waals surface area contributed by atoms with Crippen LogP contribution in [-0.4, -0.2) is 39.9 Å². The zero-order valence-corrected chi connectivity index (χ0v) is 11.3. The number of aromatic nitrogens is 2. The Kier molecular flexibility index (Phi) is 3.59. The quantitative estimate of drug-likeness (QED) is 0.834. The normalized spacial score (nSPS) is 20.8. The van der Waals surface area contributed by atoms with Crippen molar-refractivity contribution in [3.63, 3.8) is 0 Å². The Hall–Kier alpha value is -1.52. The summed E-state index contributed by atoms with van der Waals surface area (Å²) < 4.78 is 5.40. The summed E-state index contributed by atoms with van der Waals surface area (Å²) in [5, 5.41) is 6.95. The maximum Gasteiger partial charge on any atom is 0.410 e. The number of piperidine rings is 1. The molecule has 2 heterocycles. The molecule has 1 N–H and O–H groups in total. The van der Waals surface area contributed by atoms with Crippen LogP contribution >= 0.6 is 0 Å². The molecule has 0 saturated carbocycles. The highest BCUT2D eigenvalue weighted by molar-refractivity contribution is 5.68. The number of carbonyl (C=O) groups excluding carboxylic acids is 1. The summed E-state index contributed by atoms with van der Waals surface area (Å²) in [6.07, 6.45) is 3.62. The average Bonchev–Trinajstić information content (AvgIpc) is 2.80. The highest BCUT2D eigenvalue weighted by Crippen LogP contribution is 2.26. The molecule has 1 aromatic rings. The van der Waals surface area contributed by atoms with E-state index in [0.29, 0.717) is 12.5 Å². The topological polar surface area (TPSA) is 58.2 Å². The van der Waals surface area contributed by atoms with Crippen molar-refractivity contribution < 1.29 is 9.53 Å². The second kappa shape index (κ2) is 5.00. The first-order valence-corrected chi connectivity index (χ1v) is 6.43. The van der Waals surface area contributed by atoms with Gasteiger partial charge in [0.15, 0.2) is 0 Å². The van der Waals surface area contributed by atoms with Crippen LogP contribution in [0, 0.1) is 0 Å². The Labute approximate surface area is 108 Å². The fraction of sp³-hybridized carbons (Fsp3) is 0.692. The average molecular weight is 251 g/mol. The van der Waals surface area contributed by atoms with E-state index in [4.69, 9.17) is 4.74 Å². The van der Waals surface area contributed by atoms with E-state index in [1.54, 1.807) is 11.1 Å². The van der Waals surface area contributed by atoms with Gasteiger partial charge in [-0.05, 0) is 39.7 Å². The third-order valence-electron chi connectivity index (χ3n) is 3.04. The summed E-state index contributed by atoms with van der Waals surface area (Å²) in [5.74, 6) is 0.341. The molecule has 0 spiro atoms.